The maximum Gasteiger partial charge on any atom is 0.308 e. The number of amides is 1. The number of carboxylic acids is 1. The van der Waals surface area contributed by atoms with Gasteiger partial charge < -0.3 is 15.2 Å². The van der Waals surface area contributed by atoms with Crippen LogP contribution >= 0.6 is 0 Å². The van der Waals surface area contributed by atoms with Crippen LogP contribution in [0.3, 0.4) is 0 Å². The molecular formula is C22H25NO4. The number of carboxylic acid groups (broad SMARTS) is 1. The Morgan fingerprint density at radius 2 is 1.85 bits per heavy atom. The number of carbonyl (C=O) groups is 2. The Labute approximate surface area is 158 Å². The zero-order valence-corrected chi connectivity index (χ0v) is 15.3. The number of ether oxygens (including phenoxy) is 1. The molecule has 1 aliphatic heterocycles. The lowest BCUT2D eigenvalue weighted by molar-refractivity contribution is -0.145. The third-order valence-corrected chi connectivity index (χ3v) is 6.00. The fourth-order valence-corrected chi connectivity index (χ4v) is 4.32. The van der Waals surface area contributed by atoms with Gasteiger partial charge in [-0.2, -0.15) is 0 Å². The molecule has 2 N–H and O–H groups in total. The topological polar surface area (TPSA) is 75.6 Å². The molecular weight excluding hydrogens is 342 g/mol. The van der Waals surface area contributed by atoms with Gasteiger partial charge in [0.2, 0.25) is 5.91 Å². The average Bonchev–Trinajstić information content (AvgIpc) is 3.49. The molecule has 1 aliphatic carbocycles. The summed E-state index contributed by atoms with van der Waals surface area (Å²) >= 11 is 0. The molecule has 1 saturated heterocycles. The van der Waals surface area contributed by atoms with E-state index in [4.69, 9.17) is 4.74 Å². The second-order valence-electron chi connectivity index (χ2n) is 7.66. The predicted molar refractivity (Wildman–Crippen MR) is 102 cm³/mol. The SMILES string of the molecule is O=C(O)C(CNC(=O)C1CC1c1cccc2ccccc12)C1CCOCC1. The Morgan fingerprint density at radius 3 is 2.63 bits per heavy atom. The zero-order chi connectivity index (χ0) is 18.8. The minimum Gasteiger partial charge on any atom is -0.481 e. The summed E-state index contributed by atoms with van der Waals surface area (Å²) in [5.41, 5.74) is 1.22. The first kappa shape index (κ1) is 18.0. The molecule has 2 aromatic carbocycles. The summed E-state index contributed by atoms with van der Waals surface area (Å²) in [6.07, 6.45) is 2.32. The number of carbonyl (C=O) groups excluding carboxylic acids is 1. The van der Waals surface area contributed by atoms with E-state index in [-0.39, 0.29) is 30.2 Å². The van der Waals surface area contributed by atoms with E-state index in [9.17, 15) is 14.7 Å². The normalized spacial score (nSPS) is 23.7. The molecule has 3 atom stereocenters. The Kier molecular flexibility index (Phi) is 5.12. The van der Waals surface area contributed by atoms with Gasteiger partial charge >= 0.3 is 5.97 Å². The van der Waals surface area contributed by atoms with Gasteiger partial charge in [0.05, 0.1) is 5.92 Å². The van der Waals surface area contributed by atoms with Gasteiger partial charge in [-0.3, -0.25) is 9.59 Å². The third-order valence-electron chi connectivity index (χ3n) is 6.00. The fraction of sp³-hybridized carbons (Fsp3) is 0.455. The average molecular weight is 367 g/mol. The predicted octanol–water partition coefficient (Wildman–Crippen LogP) is 3.19. The van der Waals surface area contributed by atoms with Gasteiger partial charge in [0.25, 0.3) is 0 Å². The summed E-state index contributed by atoms with van der Waals surface area (Å²) < 4.78 is 5.32. The molecule has 1 heterocycles. The molecule has 2 aromatic rings. The molecule has 142 valence electrons. The number of aliphatic carboxylic acids is 1. The lowest BCUT2D eigenvalue weighted by Crippen LogP contribution is -2.39. The van der Waals surface area contributed by atoms with Crippen LogP contribution < -0.4 is 5.32 Å². The summed E-state index contributed by atoms with van der Waals surface area (Å²) in [6, 6.07) is 14.5. The highest BCUT2D eigenvalue weighted by molar-refractivity contribution is 5.89. The van der Waals surface area contributed by atoms with Crippen molar-refractivity contribution in [3.63, 3.8) is 0 Å². The Hall–Kier alpha value is -2.40. The van der Waals surface area contributed by atoms with Crippen LogP contribution in [0.2, 0.25) is 0 Å². The molecule has 27 heavy (non-hydrogen) atoms. The monoisotopic (exact) mass is 367 g/mol. The van der Waals surface area contributed by atoms with Crippen molar-refractivity contribution in [2.75, 3.05) is 19.8 Å². The molecule has 2 fully saturated rings. The van der Waals surface area contributed by atoms with Crippen LogP contribution in [0.25, 0.3) is 10.8 Å². The van der Waals surface area contributed by atoms with Gasteiger partial charge in [-0.15, -0.1) is 0 Å². The molecule has 5 heteroatoms. The van der Waals surface area contributed by atoms with Gasteiger partial charge in [0.1, 0.15) is 0 Å². The molecule has 0 aromatic heterocycles. The van der Waals surface area contributed by atoms with Gasteiger partial charge in [0, 0.05) is 25.7 Å². The van der Waals surface area contributed by atoms with Crippen molar-refractivity contribution in [2.24, 2.45) is 17.8 Å². The quantitative estimate of drug-likeness (QED) is 0.822. The third kappa shape index (κ3) is 3.83. The highest BCUT2D eigenvalue weighted by Gasteiger charge is 2.44. The van der Waals surface area contributed by atoms with E-state index in [0.717, 1.165) is 19.3 Å². The summed E-state index contributed by atoms with van der Waals surface area (Å²) in [5.74, 6) is -1.14. The molecule has 1 saturated carbocycles. The van der Waals surface area contributed by atoms with Crippen LogP contribution in [0, 0.1) is 17.8 Å². The Balaban J connectivity index is 1.39. The van der Waals surface area contributed by atoms with E-state index in [1.54, 1.807) is 0 Å². The highest BCUT2D eigenvalue weighted by Crippen LogP contribution is 2.49. The largest absolute Gasteiger partial charge is 0.481 e. The number of hydrogen-bond acceptors (Lipinski definition) is 3. The minimum atomic E-state index is -0.830. The molecule has 0 radical (unpaired) electrons. The molecule has 3 unspecified atom stereocenters. The lowest BCUT2D eigenvalue weighted by atomic mass is 9.86. The highest BCUT2D eigenvalue weighted by atomic mass is 16.5. The maximum absolute atomic E-state index is 12.6. The number of fused-ring (bicyclic) bond motifs is 1. The summed E-state index contributed by atoms with van der Waals surface area (Å²) in [7, 11) is 0. The smallest absolute Gasteiger partial charge is 0.308 e. The zero-order valence-electron chi connectivity index (χ0n) is 15.3. The van der Waals surface area contributed by atoms with Crippen molar-refractivity contribution < 1.29 is 19.4 Å². The van der Waals surface area contributed by atoms with E-state index < -0.39 is 11.9 Å². The van der Waals surface area contributed by atoms with Crippen molar-refractivity contribution >= 4 is 22.6 Å². The number of benzene rings is 2. The van der Waals surface area contributed by atoms with E-state index >= 15 is 0 Å². The van der Waals surface area contributed by atoms with Crippen molar-refractivity contribution in [1.29, 1.82) is 0 Å². The first-order chi connectivity index (χ1) is 13.1. The number of hydrogen-bond donors (Lipinski definition) is 2. The van der Waals surface area contributed by atoms with Crippen molar-refractivity contribution in [1.82, 2.24) is 5.32 Å². The van der Waals surface area contributed by atoms with Crippen LogP contribution in [0.5, 0.6) is 0 Å². The van der Waals surface area contributed by atoms with Crippen LogP contribution in [-0.4, -0.2) is 36.7 Å². The van der Waals surface area contributed by atoms with E-state index in [2.05, 4.69) is 29.6 Å². The van der Waals surface area contributed by atoms with E-state index in [1.807, 2.05) is 18.2 Å². The molecule has 2 aliphatic rings. The van der Waals surface area contributed by atoms with Crippen molar-refractivity contribution in [3.8, 4) is 0 Å². The minimum absolute atomic E-state index is 0.0220. The second-order valence-corrected chi connectivity index (χ2v) is 7.66. The first-order valence-electron chi connectivity index (χ1n) is 9.71. The summed E-state index contributed by atoms with van der Waals surface area (Å²) in [6.45, 7) is 1.42. The Bertz CT molecular complexity index is 838. The molecule has 5 nitrogen and oxygen atoms in total. The van der Waals surface area contributed by atoms with Crippen molar-refractivity contribution in [2.45, 2.75) is 25.2 Å². The van der Waals surface area contributed by atoms with E-state index in [1.165, 1.54) is 16.3 Å². The Morgan fingerprint density at radius 1 is 1.11 bits per heavy atom. The lowest BCUT2D eigenvalue weighted by Gasteiger charge is -2.27. The van der Waals surface area contributed by atoms with Gasteiger partial charge in [-0.1, -0.05) is 42.5 Å². The first-order valence-corrected chi connectivity index (χ1v) is 9.71. The molecule has 1 amide bonds. The maximum atomic E-state index is 12.6. The molecule has 0 bridgehead atoms. The summed E-state index contributed by atoms with van der Waals surface area (Å²) in [5, 5.41) is 14.8. The molecule has 0 spiro atoms. The molecule has 4 rings (SSSR count). The second kappa shape index (κ2) is 7.69. The standard InChI is InChI=1S/C22H25NO4/c24-21(23-13-20(22(25)26)15-8-10-27-11-9-15)19-12-18(19)17-7-3-5-14-4-1-2-6-16(14)17/h1-7,15,18-20H,8-13H2,(H,23,24)(H,25,26). The van der Waals surface area contributed by atoms with Gasteiger partial charge in [-0.05, 0) is 47.4 Å². The number of rotatable bonds is 6. The van der Waals surface area contributed by atoms with E-state index in [0.29, 0.717) is 13.2 Å². The van der Waals surface area contributed by atoms with Crippen LogP contribution in [-0.2, 0) is 14.3 Å². The van der Waals surface area contributed by atoms with Gasteiger partial charge in [0.15, 0.2) is 0 Å². The van der Waals surface area contributed by atoms with Crippen LogP contribution in [0.15, 0.2) is 42.5 Å². The fourth-order valence-electron chi connectivity index (χ4n) is 4.32. The summed E-state index contributed by atoms with van der Waals surface area (Å²) in [4.78, 5) is 24.2. The van der Waals surface area contributed by atoms with Crippen LogP contribution in [0.4, 0.5) is 0 Å². The van der Waals surface area contributed by atoms with Crippen LogP contribution in [0.1, 0.15) is 30.7 Å². The number of nitrogens with one attached hydrogen (secondary N) is 1. The van der Waals surface area contributed by atoms with Gasteiger partial charge in [-0.25, -0.2) is 0 Å². The van der Waals surface area contributed by atoms with Crippen molar-refractivity contribution in [3.05, 3.63) is 48.0 Å².